The summed E-state index contributed by atoms with van der Waals surface area (Å²) in [6.45, 7) is 0. The lowest BCUT2D eigenvalue weighted by Gasteiger charge is -2.16. The zero-order chi connectivity index (χ0) is 16.0. The number of carboxylic acid groups (broad SMARTS) is 1. The summed E-state index contributed by atoms with van der Waals surface area (Å²) in [6, 6.07) is 8.22. The summed E-state index contributed by atoms with van der Waals surface area (Å²) in [5.41, 5.74) is 1.89. The fraction of sp³-hybridized carbons (Fsp3) is 0.471. The first-order chi connectivity index (χ1) is 11.1. The lowest BCUT2D eigenvalue weighted by atomic mass is 10.2. The third-order valence-electron chi connectivity index (χ3n) is 4.97. The van der Waals surface area contributed by atoms with E-state index in [1.165, 1.54) is 12.8 Å². The van der Waals surface area contributed by atoms with Crippen LogP contribution in [-0.2, 0) is 9.59 Å². The van der Waals surface area contributed by atoms with Gasteiger partial charge >= 0.3 is 5.97 Å². The number of carbonyl (C=O) groups is 2. The maximum atomic E-state index is 12.3. The molecule has 0 unspecified atom stereocenters. The number of hydrogen-bond donors (Lipinski definition) is 2. The van der Waals surface area contributed by atoms with Crippen molar-refractivity contribution in [1.29, 1.82) is 0 Å². The van der Waals surface area contributed by atoms with Crippen molar-refractivity contribution in [3.63, 3.8) is 0 Å². The molecule has 0 aliphatic heterocycles. The van der Waals surface area contributed by atoms with Crippen molar-refractivity contribution in [2.75, 3.05) is 5.32 Å². The molecule has 120 valence electrons. The molecule has 0 bridgehead atoms. The first kappa shape index (κ1) is 14.2. The van der Waals surface area contributed by atoms with E-state index in [2.05, 4.69) is 14.9 Å². The Kier molecular flexibility index (Phi) is 3.32. The van der Waals surface area contributed by atoms with Gasteiger partial charge in [0.25, 0.3) is 0 Å². The van der Waals surface area contributed by atoms with E-state index in [9.17, 15) is 9.59 Å². The van der Waals surface area contributed by atoms with Gasteiger partial charge in [-0.3, -0.25) is 14.9 Å². The summed E-state index contributed by atoms with van der Waals surface area (Å²) in [5.74, 6) is -1.54. The van der Waals surface area contributed by atoms with Crippen molar-refractivity contribution < 1.29 is 14.7 Å². The van der Waals surface area contributed by atoms with Crippen LogP contribution in [0.1, 0.15) is 38.1 Å². The molecule has 6 heteroatoms. The van der Waals surface area contributed by atoms with E-state index in [1.807, 2.05) is 24.3 Å². The van der Waals surface area contributed by atoms with Gasteiger partial charge in [-0.25, -0.2) is 4.98 Å². The average molecular weight is 313 g/mol. The number of imidazole rings is 1. The molecule has 2 saturated carbocycles. The second kappa shape index (κ2) is 5.37. The van der Waals surface area contributed by atoms with Gasteiger partial charge in [-0.2, -0.15) is 0 Å². The van der Waals surface area contributed by atoms with E-state index >= 15 is 0 Å². The standard InChI is InChI=1S/C17H19N3O3/c21-15(11-9-12(11)16(22)23)19-17-18-13-7-3-4-8-14(13)20(17)10-5-1-2-6-10/h3-4,7-8,10-12H,1-2,5-6,9H2,(H,22,23)(H,18,19,21)/t11-,12-/m0/s1. The number of nitrogens with zero attached hydrogens (tertiary/aromatic N) is 2. The quantitative estimate of drug-likeness (QED) is 0.909. The molecule has 2 fully saturated rings. The first-order valence-corrected chi connectivity index (χ1v) is 8.16. The summed E-state index contributed by atoms with van der Waals surface area (Å²) < 4.78 is 2.12. The minimum absolute atomic E-state index is 0.230. The number of anilines is 1. The number of amides is 1. The zero-order valence-corrected chi connectivity index (χ0v) is 12.7. The summed E-state index contributed by atoms with van der Waals surface area (Å²) >= 11 is 0. The van der Waals surface area contributed by atoms with Crippen molar-refractivity contribution in [3.05, 3.63) is 24.3 Å². The summed E-state index contributed by atoms with van der Waals surface area (Å²) in [7, 11) is 0. The average Bonchev–Trinajstić information content (AvgIpc) is 3.02. The van der Waals surface area contributed by atoms with Gasteiger partial charge in [0.05, 0.1) is 22.9 Å². The van der Waals surface area contributed by atoms with Crippen LogP contribution in [0, 0.1) is 11.8 Å². The van der Waals surface area contributed by atoms with Gasteiger partial charge < -0.3 is 9.67 Å². The number of rotatable bonds is 4. The molecule has 2 aliphatic carbocycles. The van der Waals surface area contributed by atoms with Gasteiger partial charge in [0.1, 0.15) is 0 Å². The molecule has 2 atom stereocenters. The van der Waals surface area contributed by atoms with Crippen molar-refractivity contribution in [2.45, 2.75) is 38.1 Å². The van der Waals surface area contributed by atoms with Crippen molar-refractivity contribution in [1.82, 2.24) is 9.55 Å². The highest BCUT2D eigenvalue weighted by molar-refractivity contribution is 5.98. The van der Waals surface area contributed by atoms with Crippen LogP contribution >= 0.6 is 0 Å². The Morgan fingerprint density at radius 1 is 1.17 bits per heavy atom. The van der Waals surface area contributed by atoms with E-state index in [4.69, 9.17) is 5.11 Å². The molecule has 2 aromatic rings. The molecule has 0 saturated heterocycles. The van der Waals surface area contributed by atoms with Crippen LogP contribution in [0.3, 0.4) is 0 Å². The molecule has 6 nitrogen and oxygen atoms in total. The lowest BCUT2D eigenvalue weighted by molar-refractivity contribution is -0.139. The van der Waals surface area contributed by atoms with Gasteiger partial charge in [-0.1, -0.05) is 25.0 Å². The number of hydrogen-bond acceptors (Lipinski definition) is 3. The van der Waals surface area contributed by atoms with Crippen LogP contribution in [-0.4, -0.2) is 26.5 Å². The summed E-state index contributed by atoms with van der Waals surface area (Å²) in [5, 5.41) is 11.9. The van der Waals surface area contributed by atoms with Crippen LogP contribution < -0.4 is 5.32 Å². The highest BCUT2D eigenvalue weighted by Crippen LogP contribution is 2.40. The molecule has 2 N–H and O–H groups in total. The molecule has 1 aromatic carbocycles. The Morgan fingerprint density at radius 3 is 2.61 bits per heavy atom. The number of fused-ring (bicyclic) bond motifs is 1. The monoisotopic (exact) mass is 313 g/mol. The normalized spacial score (nSPS) is 24.0. The SMILES string of the molecule is O=C(O)[C@H]1C[C@@H]1C(=O)Nc1nc2ccccc2n1C1CCCC1. The molecule has 0 radical (unpaired) electrons. The van der Waals surface area contributed by atoms with E-state index < -0.39 is 17.8 Å². The molecule has 1 aromatic heterocycles. The van der Waals surface area contributed by atoms with E-state index in [0.717, 1.165) is 23.9 Å². The van der Waals surface area contributed by atoms with Crippen molar-refractivity contribution in [3.8, 4) is 0 Å². The molecule has 23 heavy (non-hydrogen) atoms. The van der Waals surface area contributed by atoms with Gasteiger partial charge in [-0.15, -0.1) is 0 Å². The van der Waals surface area contributed by atoms with Gasteiger partial charge in [0.15, 0.2) is 0 Å². The van der Waals surface area contributed by atoms with Crippen LogP contribution in [0.25, 0.3) is 11.0 Å². The second-order valence-electron chi connectivity index (χ2n) is 6.51. The highest BCUT2D eigenvalue weighted by atomic mass is 16.4. The smallest absolute Gasteiger partial charge is 0.307 e. The van der Waals surface area contributed by atoms with Gasteiger partial charge in [0.2, 0.25) is 11.9 Å². The third-order valence-corrected chi connectivity index (χ3v) is 4.97. The number of benzene rings is 1. The number of nitrogens with one attached hydrogen (secondary N) is 1. The Hall–Kier alpha value is -2.37. The highest BCUT2D eigenvalue weighted by Gasteiger charge is 2.48. The third kappa shape index (κ3) is 2.48. The number of carbonyl (C=O) groups excluding carboxylic acids is 1. The molecular formula is C17H19N3O3. The minimum Gasteiger partial charge on any atom is -0.481 e. The number of aromatic nitrogens is 2. The van der Waals surface area contributed by atoms with E-state index in [-0.39, 0.29) is 5.91 Å². The topological polar surface area (TPSA) is 84.2 Å². The van der Waals surface area contributed by atoms with Crippen LogP contribution in [0.15, 0.2) is 24.3 Å². The molecule has 2 aliphatic rings. The second-order valence-corrected chi connectivity index (χ2v) is 6.51. The van der Waals surface area contributed by atoms with Gasteiger partial charge in [0, 0.05) is 6.04 Å². The number of carboxylic acids is 1. The largest absolute Gasteiger partial charge is 0.481 e. The fourth-order valence-electron chi connectivity index (χ4n) is 3.63. The van der Waals surface area contributed by atoms with Crippen molar-refractivity contribution >= 4 is 28.9 Å². The Labute approximate surface area is 133 Å². The fourth-order valence-corrected chi connectivity index (χ4v) is 3.63. The molecular weight excluding hydrogens is 294 g/mol. The summed E-state index contributed by atoms with van der Waals surface area (Å²) in [4.78, 5) is 27.8. The van der Waals surface area contributed by atoms with Crippen molar-refractivity contribution in [2.24, 2.45) is 11.8 Å². The summed E-state index contributed by atoms with van der Waals surface area (Å²) in [6.07, 6.45) is 4.97. The first-order valence-electron chi connectivity index (χ1n) is 8.16. The van der Waals surface area contributed by atoms with Crippen LogP contribution in [0.5, 0.6) is 0 Å². The Bertz CT molecular complexity index is 776. The van der Waals surface area contributed by atoms with E-state index in [1.54, 1.807) is 0 Å². The number of para-hydroxylation sites is 2. The number of aliphatic carboxylic acids is 1. The molecule has 4 rings (SSSR count). The van der Waals surface area contributed by atoms with Crippen LogP contribution in [0.4, 0.5) is 5.95 Å². The predicted octanol–water partition coefficient (Wildman–Crippen LogP) is 2.81. The van der Waals surface area contributed by atoms with E-state index in [0.29, 0.717) is 18.4 Å². The molecule has 0 spiro atoms. The Balaban J connectivity index is 1.65. The van der Waals surface area contributed by atoms with Crippen LogP contribution in [0.2, 0.25) is 0 Å². The molecule has 1 amide bonds. The maximum absolute atomic E-state index is 12.3. The predicted molar refractivity (Wildman–Crippen MR) is 85.1 cm³/mol. The minimum atomic E-state index is -0.894. The lowest BCUT2D eigenvalue weighted by Crippen LogP contribution is -2.20. The zero-order valence-electron chi connectivity index (χ0n) is 12.7. The van der Waals surface area contributed by atoms with Gasteiger partial charge in [-0.05, 0) is 31.4 Å². The Morgan fingerprint density at radius 2 is 1.91 bits per heavy atom. The molecule has 1 heterocycles. The maximum Gasteiger partial charge on any atom is 0.307 e.